The van der Waals surface area contributed by atoms with Gasteiger partial charge in [0.2, 0.25) is 0 Å². The van der Waals surface area contributed by atoms with E-state index in [4.69, 9.17) is 9.55 Å². The van der Waals surface area contributed by atoms with Crippen LogP contribution in [0.3, 0.4) is 0 Å². The van der Waals surface area contributed by atoms with Crippen LogP contribution in [0.4, 0.5) is 0 Å². The van der Waals surface area contributed by atoms with Gasteiger partial charge in [0.1, 0.15) is 0 Å². The van der Waals surface area contributed by atoms with Crippen LogP contribution >= 0.6 is 0 Å². The van der Waals surface area contributed by atoms with Crippen molar-refractivity contribution in [2.45, 2.75) is 19.6 Å². The third kappa shape index (κ3) is 8.94. The van der Waals surface area contributed by atoms with Gasteiger partial charge in [-0.15, -0.1) is 0 Å². The molecule has 0 rings (SSSR count). The molecule has 0 amide bonds. The fourth-order valence-corrected chi connectivity index (χ4v) is 7.29. The Bertz CT molecular complexity index is 81.0. The average molecular weight is 231 g/mol. The monoisotopic (exact) mass is 230 g/mol. The SMILES string of the molecule is C[Si](C)(C)[O][Zr]([OH])([OH])[OH]. The number of hydrogen-bond acceptors (Lipinski definition) is 4. The third-order valence-corrected chi connectivity index (χ3v) is 7.86. The summed E-state index contributed by atoms with van der Waals surface area (Å²) in [6.45, 7) is 5.34. The Morgan fingerprint density at radius 2 is 1.44 bits per heavy atom. The quantitative estimate of drug-likeness (QED) is 0.567. The molecule has 6 heteroatoms. The first-order chi connectivity index (χ1) is 3.71. The summed E-state index contributed by atoms with van der Waals surface area (Å²) in [5.74, 6) is 0. The molecule has 0 aromatic heterocycles. The first-order valence-corrected chi connectivity index (χ1v) is 10.3. The first kappa shape index (κ1) is 9.94. The van der Waals surface area contributed by atoms with Gasteiger partial charge in [0.15, 0.2) is 0 Å². The van der Waals surface area contributed by atoms with Crippen LogP contribution in [0.15, 0.2) is 0 Å². The second kappa shape index (κ2) is 2.90. The molecule has 56 valence electrons. The van der Waals surface area contributed by atoms with Crippen LogP contribution in [0.1, 0.15) is 0 Å². The molecule has 0 aliphatic rings. The van der Waals surface area contributed by atoms with E-state index in [1.54, 1.807) is 19.6 Å². The number of rotatable bonds is 2. The maximum absolute atomic E-state index is 8.49. The first-order valence-electron chi connectivity index (χ1n) is 2.58. The Balaban J connectivity index is 3.75. The topological polar surface area (TPSA) is 69.9 Å². The van der Waals surface area contributed by atoms with E-state index in [-0.39, 0.29) is 0 Å². The van der Waals surface area contributed by atoms with Crippen molar-refractivity contribution < 1.29 is 34.1 Å². The van der Waals surface area contributed by atoms with Gasteiger partial charge in [0, 0.05) is 0 Å². The summed E-state index contributed by atoms with van der Waals surface area (Å²) in [6.07, 6.45) is 0. The molecule has 0 atom stereocenters. The fraction of sp³-hybridized carbons (Fsp3) is 1.00. The van der Waals surface area contributed by atoms with E-state index in [9.17, 15) is 0 Å². The van der Waals surface area contributed by atoms with Gasteiger partial charge in [-0.2, -0.15) is 0 Å². The van der Waals surface area contributed by atoms with Gasteiger partial charge in [0.05, 0.1) is 0 Å². The van der Waals surface area contributed by atoms with Gasteiger partial charge in [0.25, 0.3) is 0 Å². The van der Waals surface area contributed by atoms with Crippen LogP contribution < -0.4 is 0 Å². The minimum absolute atomic E-state index is 1.78. The summed E-state index contributed by atoms with van der Waals surface area (Å²) >= 11 is -4.88. The average Bonchev–Trinajstić information content (AvgIpc) is 1.14. The predicted octanol–water partition coefficient (Wildman–Crippen LogP) is -0.371. The molecular formula is C3H12O4SiZr. The van der Waals surface area contributed by atoms with Gasteiger partial charge in [-0.1, -0.05) is 0 Å². The molecule has 0 heterocycles. The Hall–Kier alpha value is 0.940. The van der Waals surface area contributed by atoms with Crippen LogP contribution in [0.25, 0.3) is 0 Å². The molecule has 0 saturated heterocycles. The van der Waals surface area contributed by atoms with Gasteiger partial charge in [-0.05, 0) is 0 Å². The summed E-state index contributed by atoms with van der Waals surface area (Å²) in [5, 5.41) is 0. The van der Waals surface area contributed by atoms with Gasteiger partial charge in [-0.25, -0.2) is 0 Å². The van der Waals surface area contributed by atoms with Crippen LogP contribution in [-0.4, -0.2) is 17.9 Å². The van der Waals surface area contributed by atoms with Gasteiger partial charge in [-0.3, -0.25) is 0 Å². The Kier molecular flexibility index (Phi) is 3.20. The fourth-order valence-electron chi connectivity index (χ4n) is 0.411. The zero-order valence-corrected chi connectivity index (χ0v) is 9.21. The number of hydrogen-bond donors (Lipinski definition) is 3. The van der Waals surface area contributed by atoms with E-state index >= 15 is 0 Å². The van der Waals surface area contributed by atoms with Gasteiger partial charge >= 0.3 is 62.0 Å². The standard InChI is InChI=1S/C3H9OSi.3H2O.Zr/c1-5(2,3)4;;;;/h1-3H3;3*1H2;/q-1;;;;+4/p-3. The van der Waals surface area contributed by atoms with E-state index < -0.39 is 30.3 Å². The molecule has 0 fully saturated rings. The second-order valence-electron chi connectivity index (χ2n) is 2.79. The van der Waals surface area contributed by atoms with E-state index in [0.29, 0.717) is 0 Å². The summed E-state index contributed by atoms with van der Waals surface area (Å²) in [5.41, 5.74) is 0. The Morgan fingerprint density at radius 1 is 1.11 bits per heavy atom. The molecule has 4 nitrogen and oxygen atoms in total. The molecule has 0 aliphatic carbocycles. The molecular weight excluding hydrogens is 219 g/mol. The van der Waals surface area contributed by atoms with E-state index in [2.05, 4.69) is 2.50 Å². The predicted molar refractivity (Wildman–Crippen MR) is 31.1 cm³/mol. The molecule has 0 unspecified atom stereocenters. The minimum atomic E-state index is -4.88. The third-order valence-electron chi connectivity index (χ3n) is 0.443. The van der Waals surface area contributed by atoms with Crippen molar-refractivity contribution in [2.75, 3.05) is 0 Å². The molecule has 9 heavy (non-hydrogen) atoms. The normalized spacial score (nSPS) is 14.0. The zero-order chi connectivity index (χ0) is 7.71. The molecule has 0 spiro atoms. The molecule has 0 aromatic carbocycles. The zero-order valence-electron chi connectivity index (χ0n) is 5.75. The Morgan fingerprint density at radius 3 is 1.44 bits per heavy atom. The van der Waals surface area contributed by atoms with E-state index in [1.165, 1.54) is 0 Å². The summed E-state index contributed by atoms with van der Waals surface area (Å²) in [4.78, 5) is 0. The Labute approximate surface area is 62.1 Å². The van der Waals surface area contributed by atoms with Crippen LogP contribution in [0, 0.1) is 0 Å². The molecule has 0 bridgehead atoms. The molecule has 0 aliphatic heterocycles. The van der Waals surface area contributed by atoms with Crippen molar-refractivity contribution in [1.29, 1.82) is 0 Å². The maximum atomic E-state index is 8.49. The van der Waals surface area contributed by atoms with Crippen molar-refractivity contribution in [3.8, 4) is 0 Å². The van der Waals surface area contributed by atoms with E-state index in [0.717, 1.165) is 0 Å². The van der Waals surface area contributed by atoms with Crippen LogP contribution in [-0.2, 0) is 24.5 Å². The summed E-state index contributed by atoms with van der Waals surface area (Å²) < 4.78 is 30.1. The summed E-state index contributed by atoms with van der Waals surface area (Å²) in [6, 6.07) is 0. The van der Waals surface area contributed by atoms with Crippen LogP contribution in [0.5, 0.6) is 0 Å². The second-order valence-corrected chi connectivity index (χ2v) is 11.5. The molecule has 0 saturated carbocycles. The van der Waals surface area contributed by atoms with Crippen molar-refractivity contribution in [3.05, 3.63) is 0 Å². The van der Waals surface area contributed by atoms with Crippen molar-refractivity contribution in [1.82, 2.24) is 0 Å². The molecule has 0 aromatic rings. The van der Waals surface area contributed by atoms with Gasteiger partial charge < -0.3 is 0 Å². The summed E-state index contributed by atoms with van der Waals surface area (Å²) in [7, 11) is -1.95. The molecule has 0 radical (unpaired) electrons. The van der Waals surface area contributed by atoms with Crippen LogP contribution in [0.2, 0.25) is 19.6 Å². The van der Waals surface area contributed by atoms with Crippen molar-refractivity contribution in [2.24, 2.45) is 0 Å². The molecule has 3 N–H and O–H groups in total. The van der Waals surface area contributed by atoms with Crippen molar-refractivity contribution in [3.63, 3.8) is 0 Å². The van der Waals surface area contributed by atoms with E-state index in [1.807, 2.05) is 0 Å². The van der Waals surface area contributed by atoms with Crippen molar-refractivity contribution >= 4 is 8.32 Å².